The highest BCUT2D eigenvalue weighted by atomic mass is 16.4. The van der Waals surface area contributed by atoms with Crippen molar-refractivity contribution in [3.05, 3.63) is 29.6 Å². The Hall–Kier alpha value is -2.42. The van der Waals surface area contributed by atoms with Gasteiger partial charge in [0.1, 0.15) is 11.8 Å². The van der Waals surface area contributed by atoms with E-state index in [1.54, 1.807) is 0 Å². The predicted molar refractivity (Wildman–Crippen MR) is 69.8 cm³/mol. The summed E-state index contributed by atoms with van der Waals surface area (Å²) in [5.41, 5.74) is -0.288. The van der Waals surface area contributed by atoms with Crippen LogP contribution in [0.4, 0.5) is 0 Å². The molecule has 2 N–H and O–H groups in total. The number of hydrogen-bond acceptors (Lipinski definition) is 4. The molecule has 104 valence electrons. The molecule has 0 bridgehead atoms. The molecule has 0 aromatic carbocycles. The Labute approximate surface area is 116 Å². The van der Waals surface area contributed by atoms with Crippen molar-refractivity contribution in [1.29, 1.82) is 5.26 Å². The summed E-state index contributed by atoms with van der Waals surface area (Å²) < 4.78 is 0. The SMILES string of the molecule is N#Cc1ccc(C(=O)NCC2(C(=O)O)CCCC2)nc1. The van der Waals surface area contributed by atoms with Crippen LogP contribution in [0.5, 0.6) is 0 Å². The van der Waals surface area contributed by atoms with Gasteiger partial charge in [-0.25, -0.2) is 4.98 Å². The van der Waals surface area contributed by atoms with E-state index in [1.807, 2.05) is 6.07 Å². The molecule has 1 aliphatic carbocycles. The number of nitrogens with one attached hydrogen (secondary N) is 1. The highest BCUT2D eigenvalue weighted by Gasteiger charge is 2.41. The number of rotatable bonds is 4. The molecule has 2 rings (SSSR count). The van der Waals surface area contributed by atoms with Crippen LogP contribution in [0, 0.1) is 16.7 Å². The number of amides is 1. The molecular formula is C14H15N3O3. The molecule has 1 aromatic rings. The van der Waals surface area contributed by atoms with Crippen molar-refractivity contribution in [2.45, 2.75) is 25.7 Å². The third kappa shape index (κ3) is 2.77. The van der Waals surface area contributed by atoms with Gasteiger partial charge < -0.3 is 10.4 Å². The van der Waals surface area contributed by atoms with Crippen LogP contribution in [-0.4, -0.2) is 28.5 Å². The molecule has 1 heterocycles. The van der Waals surface area contributed by atoms with Crippen molar-refractivity contribution in [3.8, 4) is 6.07 Å². The summed E-state index contributed by atoms with van der Waals surface area (Å²) >= 11 is 0. The molecule has 0 radical (unpaired) electrons. The monoisotopic (exact) mass is 273 g/mol. The Morgan fingerprint density at radius 2 is 2.10 bits per heavy atom. The van der Waals surface area contributed by atoms with Gasteiger partial charge in [-0.2, -0.15) is 5.26 Å². The highest BCUT2D eigenvalue weighted by molar-refractivity contribution is 5.92. The minimum atomic E-state index is -0.858. The lowest BCUT2D eigenvalue weighted by atomic mass is 9.86. The number of pyridine rings is 1. The Kier molecular flexibility index (Phi) is 3.99. The van der Waals surface area contributed by atoms with Crippen LogP contribution in [0.2, 0.25) is 0 Å². The van der Waals surface area contributed by atoms with Gasteiger partial charge in [-0.1, -0.05) is 12.8 Å². The third-order valence-electron chi connectivity index (χ3n) is 3.73. The van der Waals surface area contributed by atoms with Gasteiger partial charge >= 0.3 is 5.97 Å². The Morgan fingerprint density at radius 1 is 1.40 bits per heavy atom. The quantitative estimate of drug-likeness (QED) is 0.861. The number of nitriles is 1. The molecule has 0 atom stereocenters. The van der Waals surface area contributed by atoms with Crippen LogP contribution in [-0.2, 0) is 4.79 Å². The molecule has 1 amide bonds. The van der Waals surface area contributed by atoms with E-state index in [-0.39, 0.29) is 12.2 Å². The number of hydrogen-bond donors (Lipinski definition) is 2. The van der Waals surface area contributed by atoms with Crippen molar-refractivity contribution in [1.82, 2.24) is 10.3 Å². The molecule has 0 aliphatic heterocycles. The van der Waals surface area contributed by atoms with E-state index in [0.29, 0.717) is 18.4 Å². The molecule has 1 aromatic heterocycles. The fourth-order valence-corrected chi connectivity index (χ4v) is 2.45. The molecule has 0 spiro atoms. The molecule has 0 saturated heterocycles. The van der Waals surface area contributed by atoms with Crippen LogP contribution in [0.3, 0.4) is 0 Å². The predicted octanol–water partition coefficient (Wildman–Crippen LogP) is 1.33. The molecule has 1 fully saturated rings. The van der Waals surface area contributed by atoms with Gasteiger partial charge in [-0.15, -0.1) is 0 Å². The largest absolute Gasteiger partial charge is 0.481 e. The summed E-state index contributed by atoms with van der Waals surface area (Å²) in [6, 6.07) is 4.88. The maximum atomic E-state index is 11.9. The van der Waals surface area contributed by atoms with Gasteiger partial charge in [0, 0.05) is 12.7 Å². The Bertz CT molecular complexity index is 554. The third-order valence-corrected chi connectivity index (χ3v) is 3.73. The smallest absolute Gasteiger partial charge is 0.311 e. The van der Waals surface area contributed by atoms with Crippen LogP contribution >= 0.6 is 0 Å². The summed E-state index contributed by atoms with van der Waals surface area (Å²) in [6.45, 7) is 0.114. The maximum Gasteiger partial charge on any atom is 0.311 e. The zero-order chi connectivity index (χ0) is 14.6. The van der Waals surface area contributed by atoms with Gasteiger partial charge in [-0.3, -0.25) is 9.59 Å². The second-order valence-electron chi connectivity index (χ2n) is 5.02. The summed E-state index contributed by atoms with van der Waals surface area (Å²) in [7, 11) is 0. The molecule has 6 nitrogen and oxygen atoms in total. The standard InChI is InChI=1S/C14H15N3O3/c15-7-10-3-4-11(16-8-10)12(18)17-9-14(13(19)20)5-1-2-6-14/h3-4,8H,1-2,5-6,9H2,(H,17,18)(H,19,20). The first-order chi connectivity index (χ1) is 9.57. The number of aromatic nitrogens is 1. The highest BCUT2D eigenvalue weighted by Crippen LogP contribution is 2.37. The van der Waals surface area contributed by atoms with Crippen molar-refractivity contribution in [2.75, 3.05) is 6.54 Å². The normalized spacial score (nSPS) is 16.4. The van der Waals surface area contributed by atoms with Gasteiger partial charge in [0.15, 0.2) is 0 Å². The second-order valence-corrected chi connectivity index (χ2v) is 5.02. The average Bonchev–Trinajstić information content (AvgIpc) is 2.95. The van der Waals surface area contributed by atoms with Gasteiger partial charge in [0.25, 0.3) is 5.91 Å². The van der Waals surface area contributed by atoms with Crippen molar-refractivity contribution in [2.24, 2.45) is 5.41 Å². The lowest BCUT2D eigenvalue weighted by Crippen LogP contribution is -2.41. The maximum absolute atomic E-state index is 11.9. The van der Waals surface area contributed by atoms with Crippen LogP contribution in [0.25, 0.3) is 0 Å². The van der Waals surface area contributed by atoms with E-state index in [1.165, 1.54) is 18.3 Å². The molecule has 20 heavy (non-hydrogen) atoms. The number of carbonyl (C=O) groups excluding carboxylic acids is 1. The van der Waals surface area contributed by atoms with Crippen LogP contribution in [0.15, 0.2) is 18.3 Å². The van der Waals surface area contributed by atoms with E-state index < -0.39 is 17.3 Å². The molecule has 1 aliphatic rings. The van der Waals surface area contributed by atoms with Gasteiger partial charge in [0.05, 0.1) is 11.0 Å². The first-order valence-electron chi connectivity index (χ1n) is 6.45. The zero-order valence-corrected chi connectivity index (χ0v) is 10.9. The molecule has 6 heteroatoms. The Balaban J connectivity index is 2.01. The molecular weight excluding hydrogens is 258 g/mol. The van der Waals surface area contributed by atoms with E-state index in [0.717, 1.165) is 12.8 Å². The summed E-state index contributed by atoms with van der Waals surface area (Å²) in [5.74, 6) is -1.27. The first-order valence-corrected chi connectivity index (χ1v) is 6.45. The number of carbonyl (C=O) groups is 2. The van der Waals surface area contributed by atoms with E-state index >= 15 is 0 Å². The zero-order valence-electron chi connectivity index (χ0n) is 10.9. The van der Waals surface area contributed by atoms with Crippen molar-refractivity contribution < 1.29 is 14.7 Å². The average molecular weight is 273 g/mol. The molecule has 0 unspecified atom stereocenters. The van der Waals surface area contributed by atoms with E-state index in [2.05, 4.69) is 10.3 Å². The first kappa shape index (κ1) is 14.0. The summed E-state index contributed by atoms with van der Waals surface area (Å²) in [4.78, 5) is 27.1. The molecule has 1 saturated carbocycles. The Morgan fingerprint density at radius 3 is 2.60 bits per heavy atom. The van der Waals surface area contributed by atoms with Crippen molar-refractivity contribution >= 4 is 11.9 Å². The van der Waals surface area contributed by atoms with Crippen LogP contribution in [0.1, 0.15) is 41.7 Å². The summed E-state index contributed by atoms with van der Waals surface area (Å²) in [5, 5.41) is 20.6. The minimum absolute atomic E-state index is 0.114. The summed E-state index contributed by atoms with van der Waals surface area (Å²) in [6.07, 6.45) is 4.23. The van der Waals surface area contributed by atoms with Gasteiger partial charge in [-0.05, 0) is 25.0 Å². The number of carboxylic acids is 1. The second kappa shape index (κ2) is 5.70. The number of nitrogens with zero attached hydrogens (tertiary/aromatic N) is 2. The van der Waals surface area contributed by atoms with Crippen LogP contribution < -0.4 is 5.32 Å². The lowest BCUT2D eigenvalue weighted by molar-refractivity contribution is -0.148. The minimum Gasteiger partial charge on any atom is -0.481 e. The fourth-order valence-electron chi connectivity index (χ4n) is 2.45. The van der Waals surface area contributed by atoms with E-state index in [4.69, 9.17) is 5.26 Å². The van der Waals surface area contributed by atoms with Crippen molar-refractivity contribution in [3.63, 3.8) is 0 Å². The number of aliphatic carboxylic acids is 1. The van der Waals surface area contributed by atoms with Gasteiger partial charge in [0.2, 0.25) is 0 Å². The lowest BCUT2D eigenvalue weighted by Gasteiger charge is -2.23. The number of carboxylic acid groups (broad SMARTS) is 1. The van der Waals surface area contributed by atoms with E-state index in [9.17, 15) is 14.7 Å². The fraction of sp³-hybridized carbons (Fsp3) is 0.429. The topological polar surface area (TPSA) is 103 Å².